The van der Waals surface area contributed by atoms with Crippen molar-refractivity contribution < 1.29 is 13.2 Å². The van der Waals surface area contributed by atoms with E-state index in [4.69, 9.17) is 4.74 Å². The molecule has 0 atom stereocenters. The zero-order valence-electron chi connectivity index (χ0n) is 16.0. The average Bonchev–Trinajstić information content (AvgIpc) is 2.72. The summed E-state index contributed by atoms with van der Waals surface area (Å²) in [5, 5.41) is 0. The first-order valence-corrected chi connectivity index (χ1v) is 10.4. The van der Waals surface area contributed by atoms with Crippen LogP contribution in [0.3, 0.4) is 0 Å². The molecule has 4 nitrogen and oxygen atoms in total. The van der Waals surface area contributed by atoms with Gasteiger partial charge in [0.05, 0.1) is 24.2 Å². The number of methoxy groups -OCH3 is 1. The minimum Gasteiger partial charge on any atom is -0.496 e. The van der Waals surface area contributed by atoms with Gasteiger partial charge in [-0.1, -0.05) is 54.6 Å². The van der Waals surface area contributed by atoms with Crippen molar-refractivity contribution in [3.8, 4) is 16.9 Å². The quantitative estimate of drug-likeness (QED) is 0.528. The van der Waals surface area contributed by atoms with Crippen LogP contribution in [0.2, 0.25) is 0 Å². The van der Waals surface area contributed by atoms with E-state index in [1.807, 2.05) is 61.5 Å². The summed E-state index contributed by atoms with van der Waals surface area (Å²) in [6, 6.07) is 22.1. The molecule has 0 aliphatic rings. The number of anilines is 1. The summed E-state index contributed by atoms with van der Waals surface area (Å²) in [5.41, 5.74) is 3.17. The highest BCUT2D eigenvalue weighted by molar-refractivity contribution is 7.92. The predicted octanol–water partition coefficient (Wildman–Crippen LogP) is 5.05. The van der Waals surface area contributed by atoms with Gasteiger partial charge in [0, 0.05) is 5.56 Å². The van der Waals surface area contributed by atoms with E-state index >= 15 is 0 Å². The minimum atomic E-state index is -3.79. The van der Waals surface area contributed by atoms with Crippen molar-refractivity contribution in [2.75, 3.05) is 18.0 Å². The maximum absolute atomic E-state index is 13.5. The number of nitrogens with zero attached hydrogens (tertiary/aromatic N) is 1. The van der Waals surface area contributed by atoms with E-state index < -0.39 is 10.0 Å². The first-order valence-electron chi connectivity index (χ1n) is 8.91. The van der Waals surface area contributed by atoms with Crippen LogP contribution in [0.5, 0.6) is 5.75 Å². The molecule has 0 fully saturated rings. The Hall–Kier alpha value is -3.05. The molecular weight excluding hydrogens is 370 g/mol. The highest BCUT2D eigenvalue weighted by Crippen LogP contribution is 2.34. The molecule has 0 aliphatic heterocycles. The number of aryl methyl sites for hydroxylation is 1. The van der Waals surface area contributed by atoms with Gasteiger partial charge in [0.1, 0.15) is 5.75 Å². The standard InChI is InChI=1S/C23H23NO3S/c1-4-16-24(28(25,26)20-14-15-23(27-3)18(2)17-20)22-13-9-8-12-21(22)19-10-6-5-7-11-19/h4-15,17H,1,16H2,2-3H3. The van der Waals surface area contributed by atoms with Crippen molar-refractivity contribution in [2.24, 2.45) is 0 Å². The summed E-state index contributed by atoms with van der Waals surface area (Å²) in [5.74, 6) is 0.652. The lowest BCUT2D eigenvalue weighted by Gasteiger charge is -2.26. The van der Waals surface area contributed by atoms with Crippen molar-refractivity contribution in [1.29, 1.82) is 0 Å². The van der Waals surface area contributed by atoms with Crippen LogP contribution in [0.25, 0.3) is 11.1 Å². The zero-order valence-corrected chi connectivity index (χ0v) is 16.8. The Morgan fingerprint density at radius 1 is 1.00 bits per heavy atom. The van der Waals surface area contributed by atoms with Crippen molar-refractivity contribution in [1.82, 2.24) is 0 Å². The number of rotatable bonds is 7. The van der Waals surface area contributed by atoms with Crippen LogP contribution < -0.4 is 9.04 Å². The van der Waals surface area contributed by atoms with Crippen molar-refractivity contribution in [2.45, 2.75) is 11.8 Å². The van der Waals surface area contributed by atoms with E-state index in [2.05, 4.69) is 6.58 Å². The lowest BCUT2D eigenvalue weighted by molar-refractivity contribution is 0.411. The van der Waals surface area contributed by atoms with Gasteiger partial charge < -0.3 is 4.74 Å². The van der Waals surface area contributed by atoms with Gasteiger partial charge in [0.25, 0.3) is 10.0 Å². The van der Waals surface area contributed by atoms with E-state index in [0.29, 0.717) is 11.4 Å². The van der Waals surface area contributed by atoms with E-state index in [-0.39, 0.29) is 11.4 Å². The van der Waals surface area contributed by atoms with Crippen LogP contribution in [0.4, 0.5) is 5.69 Å². The summed E-state index contributed by atoms with van der Waals surface area (Å²) >= 11 is 0. The molecule has 0 bridgehead atoms. The Morgan fingerprint density at radius 3 is 2.32 bits per heavy atom. The molecule has 3 aromatic rings. The van der Waals surface area contributed by atoms with Crippen LogP contribution in [0.1, 0.15) is 5.56 Å². The second-order valence-corrected chi connectivity index (χ2v) is 8.20. The average molecular weight is 394 g/mol. The summed E-state index contributed by atoms with van der Waals surface area (Å²) in [4.78, 5) is 0.218. The molecule has 0 saturated carbocycles. The lowest BCUT2D eigenvalue weighted by Crippen LogP contribution is -2.31. The highest BCUT2D eigenvalue weighted by atomic mass is 32.2. The Morgan fingerprint density at radius 2 is 1.68 bits per heavy atom. The number of sulfonamides is 1. The van der Waals surface area contributed by atoms with Gasteiger partial charge in [-0.15, -0.1) is 6.58 Å². The molecule has 0 N–H and O–H groups in total. The Labute approximate surface area is 166 Å². The summed E-state index contributed by atoms with van der Waals surface area (Å²) in [6.07, 6.45) is 1.59. The number of hydrogen-bond donors (Lipinski definition) is 0. The number of benzene rings is 3. The second-order valence-electron chi connectivity index (χ2n) is 6.34. The first-order chi connectivity index (χ1) is 13.5. The minimum absolute atomic E-state index is 0.164. The Kier molecular flexibility index (Phi) is 5.85. The van der Waals surface area contributed by atoms with Crippen molar-refractivity contribution in [3.63, 3.8) is 0 Å². The molecule has 0 aliphatic carbocycles. The fourth-order valence-corrected chi connectivity index (χ4v) is 4.67. The fourth-order valence-electron chi connectivity index (χ4n) is 3.13. The second kappa shape index (κ2) is 8.31. The van der Waals surface area contributed by atoms with E-state index in [9.17, 15) is 8.42 Å². The molecule has 5 heteroatoms. The fraction of sp³-hybridized carbons (Fsp3) is 0.130. The van der Waals surface area contributed by atoms with Gasteiger partial charge in [-0.3, -0.25) is 4.31 Å². The smallest absolute Gasteiger partial charge is 0.264 e. The maximum atomic E-state index is 13.5. The van der Waals surface area contributed by atoms with Gasteiger partial charge in [-0.25, -0.2) is 8.42 Å². The predicted molar refractivity (Wildman–Crippen MR) is 114 cm³/mol. The molecule has 0 saturated heterocycles. The summed E-state index contributed by atoms with van der Waals surface area (Å²) in [6.45, 7) is 5.75. The molecule has 0 heterocycles. The molecule has 0 aromatic heterocycles. The number of para-hydroxylation sites is 1. The molecular formula is C23H23NO3S. The number of hydrogen-bond acceptors (Lipinski definition) is 3. The van der Waals surface area contributed by atoms with Gasteiger partial charge >= 0.3 is 0 Å². The van der Waals surface area contributed by atoms with E-state index in [0.717, 1.165) is 16.7 Å². The Bertz CT molecular complexity index is 1080. The topological polar surface area (TPSA) is 46.6 Å². The molecule has 144 valence electrons. The molecule has 0 spiro atoms. The largest absolute Gasteiger partial charge is 0.496 e. The third kappa shape index (κ3) is 3.80. The molecule has 28 heavy (non-hydrogen) atoms. The van der Waals surface area contributed by atoms with Crippen LogP contribution in [0, 0.1) is 6.92 Å². The summed E-state index contributed by atoms with van der Waals surface area (Å²) < 4.78 is 33.6. The van der Waals surface area contributed by atoms with Crippen LogP contribution in [0.15, 0.2) is 90.3 Å². The van der Waals surface area contributed by atoms with Gasteiger partial charge in [0.15, 0.2) is 0 Å². The molecule has 3 rings (SSSR count). The van der Waals surface area contributed by atoms with E-state index in [1.165, 1.54) is 4.31 Å². The van der Waals surface area contributed by atoms with Gasteiger partial charge in [0.2, 0.25) is 0 Å². The normalized spacial score (nSPS) is 11.1. The molecule has 3 aromatic carbocycles. The third-order valence-electron chi connectivity index (χ3n) is 4.51. The highest BCUT2D eigenvalue weighted by Gasteiger charge is 2.26. The van der Waals surface area contributed by atoms with E-state index in [1.54, 1.807) is 31.4 Å². The maximum Gasteiger partial charge on any atom is 0.264 e. The van der Waals surface area contributed by atoms with Gasteiger partial charge in [-0.2, -0.15) is 0 Å². The van der Waals surface area contributed by atoms with Crippen LogP contribution >= 0.6 is 0 Å². The Balaban J connectivity index is 2.15. The van der Waals surface area contributed by atoms with Crippen molar-refractivity contribution in [3.05, 3.63) is 91.0 Å². The SMILES string of the molecule is C=CCN(c1ccccc1-c1ccccc1)S(=O)(=O)c1ccc(OC)c(C)c1. The molecule has 0 unspecified atom stereocenters. The van der Waals surface area contributed by atoms with Crippen LogP contribution in [-0.2, 0) is 10.0 Å². The van der Waals surface area contributed by atoms with Crippen LogP contribution in [-0.4, -0.2) is 22.1 Å². The molecule has 0 radical (unpaired) electrons. The van der Waals surface area contributed by atoms with Crippen molar-refractivity contribution >= 4 is 15.7 Å². The van der Waals surface area contributed by atoms with Gasteiger partial charge in [-0.05, 0) is 42.3 Å². The zero-order chi connectivity index (χ0) is 20.1. The molecule has 0 amide bonds. The summed E-state index contributed by atoms with van der Waals surface area (Å²) in [7, 11) is -2.22. The monoisotopic (exact) mass is 393 g/mol. The number of ether oxygens (including phenoxy) is 1. The first kappa shape index (κ1) is 19.7. The lowest BCUT2D eigenvalue weighted by atomic mass is 10.0. The third-order valence-corrected chi connectivity index (χ3v) is 6.28.